The highest BCUT2D eigenvalue weighted by atomic mass is 16.1. The summed E-state index contributed by atoms with van der Waals surface area (Å²) in [6.07, 6.45) is 8.92. The first-order valence-electron chi connectivity index (χ1n) is 6.29. The summed E-state index contributed by atoms with van der Waals surface area (Å²) >= 11 is 0. The fraction of sp³-hybridized carbons (Fsp3) is 0.667. The molecule has 0 radical (unpaired) electrons. The Balaban J connectivity index is 1.87. The molecule has 5 heteroatoms. The highest BCUT2D eigenvalue weighted by Crippen LogP contribution is 2.35. The van der Waals surface area contributed by atoms with E-state index in [1.807, 2.05) is 0 Å². The smallest absolute Gasteiger partial charge is 0.293 e. The van der Waals surface area contributed by atoms with E-state index in [2.05, 4.69) is 10.3 Å². The lowest BCUT2D eigenvalue weighted by atomic mass is 9.77. The van der Waals surface area contributed by atoms with E-state index in [1.165, 1.54) is 6.42 Å². The molecule has 0 aromatic carbocycles. The molecule has 17 heavy (non-hydrogen) atoms. The average molecular weight is 234 g/mol. The number of hydrogen-bond acceptors (Lipinski definition) is 4. The largest absolute Gasteiger partial charge is 0.359 e. The van der Waals surface area contributed by atoms with E-state index >= 15 is 0 Å². The number of hydrogen-bond donors (Lipinski definition) is 2. The van der Waals surface area contributed by atoms with Crippen LogP contribution in [0.15, 0.2) is 17.2 Å². The molecule has 5 nitrogen and oxygen atoms in total. The van der Waals surface area contributed by atoms with Crippen molar-refractivity contribution in [3.63, 3.8) is 0 Å². The first kappa shape index (κ1) is 10.8. The maximum Gasteiger partial charge on any atom is 0.293 e. The predicted octanol–water partition coefficient (Wildman–Crippen LogP) is 0.871. The summed E-state index contributed by atoms with van der Waals surface area (Å²) in [5.74, 6) is 0.463. The maximum atomic E-state index is 12.2. The van der Waals surface area contributed by atoms with Gasteiger partial charge in [-0.05, 0) is 32.1 Å². The Morgan fingerprint density at radius 2 is 2.29 bits per heavy atom. The van der Waals surface area contributed by atoms with Gasteiger partial charge in [-0.3, -0.25) is 4.79 Å². The van der Waals surface area contributed by atoms with Crippen LogP contribution in [0, 0.1) is 0 Å². The molecule has 0 bridgehead atoms. The summed E-state index contributed by atoms with van der Waals surface area (Å²) in [7, 11) is 0. The van der Waals surface area contributed by atoms with Crippen molar-refractivity contribution in [3.8, 4) is 0 Å². The molecule has 0 saturated heterocycles. The van der Waals surface area contributed by atoms with Crippen LogP contribution in [0.1, 0.15) is 38.1 Å². The van der Waals surface area contributed by atoms with Gasteiger partial charge in [0.15, 0.2) is 5.82 Å². The lowest BCUT2D eigenvalue weighted by molar-refractivity contribution is 0.286. The molecule has 2 aliphatic rings. The van der Waals surface area contributed by atoms with Gasteiger partial charge in [0.05, 0.1) is 5.54 Å². The maximum absolute atomic E-state index is 12.2. The Labute approximate surface area is 100 Å². The van der Waals surface area contributed by atoms with Crippen LogP contribution in [0.25, 0.3) is 0 Å². The first-order valence-corrected chi connectivity index (χ1v) is 6.29. The molecule has 2 saturated carbocycles. The van der Waals surface area contributed by atoms with E-state index in [0.29, 0.717) is 18.4 Å². The number of nitrogens with one attached hydrogen (secondary N) is 1. The third-order valence-electron chi connectivity index (χ3n) is 3.89. The van der Waals surface area contributed by atoms with Gasteiger partial charge in [-0.2, -0.15) is 0 Å². The third-order valence-corrected chi connectivity index (χ3v) is 3.89. The molecule has 0 amide bonds. The molecule has 2 aliphatic carbocycles. The van der Waals surface area contributed by atoms with Crippen LogP contribution in [-0.2, 0) is 0 Å². The zero-order chi connectivity index (χ0) is 11.9. The van der Waals surface area contributed by atoms with Crippen molar-refractivity contribution in [2.45, 2.75) is 43.7 Å². The molecule has 1 aromatic rings. The van der Waals surface area contributed by atoms with Gasteiger partial charge in [-0.1, -0.05) is 0 Å². The summed E-state index contributed by atoms with van der Waals surface area (Å²) in [5, 5.41) is 3.26. The average Bonchev–Trinajstić information content (AvgIpc) is 3.09. The van der Waals surface area contributed by atoms with Crippen LogP contribution in [0.4, 0.5) is 5.82 Å². The Bertz CT molecular complexity index is 468. The van der Waals surface area contributed by atoms with Gasteiger partial charge < -0.3 is 15.6 Å². The van der Waals surface area contributed by atoms with Crippen LogP contribution < -0.4 is 16.6 Å². The van der Waals surface area contributed by atoms with Crippen molar-refractivity contribution < 1.29 is 0 Å². The summed E-state index contributed by atoms with van der Waals surface area (Å²) in [6.45, 7) is 0.562. The predicted molar refractivity (Wildman–Crippen MR) is 66.0 cm³/mol. The molecule has 0 aliphatic heterocycles. The van der Waals surface area contributed by atoms with Crippen LogP contribution in [0.2, 0.25) is 0 Å². The van der Waals surface area contributed by atoms with Crippen LogP contribution >= 0.6 is 0 Å². The molecular weight excluding hydrogens is 216 g/mol. The van der Waals surface area contributed by atoms with Crippen molar-refractivity contribution in [2.75, 3.05) is 11.9 Å². The van der Waals surface area contributed by atoms with Crippen molar-refractivity contribution in [1.29, 1.82) is 0 Å². The first-order chi connectivity index (χ1) is 8.24. The number of nitrogens with two attached hydrogens (primary N) is 1. The molecule has 0 atom stereocenters. The van der Waals surface area contributed by atoms with Gasteiger partial charge >= 0.3 is 0 Å². The van der Waals surface area contributed by atoms with E-state index in [-0.39, 0.29) is 11.1 Å². The SMILES string of the molecule is NCC1(Nc2nccn(C3CC3)c2=O)CCC1. The zero-order valence-corrected chi connectivity index (χ0v) is 9.85. The number of nitrogens with zero attached hydrogens (tertiary/aromatic N) is 2. The summed E-state index contributed by atoms with van der Waals surface area (Å²) in [4.78, 5) is 16.3. The molecule has 3 N–H and O–H groups in total. The van der Waals surface area contributed by atoms with Crippen LogP contribution in [-0.4, -0.2) is 21.6 Å². The van der Waals surface area contributed by atoms with Crippen molar-refractivity contribution in [2.24, 2.45) is 5.73 Å². The second-order valence-corrected chi connectivity index (χ2v) is 5.18. The second-order valence-electron chi connectivity index (χ2n) is 5.18. The van der Waals surface area contributed by atoms with Crippen molar-refractivity contribution >= 4 is 5.82 Å². The van der Waals surface area contributed by atoms with Gasteiger partial charge in [0.1, 0.15) is 0 Å². The lowest BCUT2D eigenvalue weighted by Crippen LogP contribution is -2.52. The topological polar surface area (TPSA) is 72.9 Å². The van der Waals surface area contributed by atoms with Crippen molar-refractivity contribution in [1.82, 2.24) is 9.55 Å². The summed E-state index contributed by atoms with van der Waals surface area (Å²) < 4.78 is 1.79. The molecule has 92 valence electrons. The molecule has 3 rings (SSSR count). The molecule has 0 unspecified atom stereocenters. The number of aromatic nitrogens is 2. The highest BCUT2D eigenvalue weighted by Gasteiger charge is 2.36. The van der Waals surface area contributed by atoms with E-state index in [4.69, 9.17) is 5.73 Å². The van der Waals surface area contributed by atoms with Gasteiger partial charge in [-0.15, -0.1) is 0 Å². The van der Waals surface area contributed by atoms with Gasteiger partial charge in [-0.25, -0.2) is 4.98 Å². The minimum atomic E-state index is -0.0884. The Morgan fingerprint density at radius 3 is 2.82 bits per heavy atom. The minimum Gasteiger partial charge on any atom is -0.359 e. The summed E-state index contributed by atoms with van der Waals surface area (Å²) in [5.41, 5.74) is 5.68. The normalized spacial score (nSPS) is 21.9. The minimum absolute atomic E-state index is 0.00488. The summed E-state index contributed by atoms with van der Waals surface area (Å²) in [6, 6.07) is 0.390. The molecule has 0 spiro atoms. The molecule has 1 aromatic heterocycles. The zero-order valence-electron chi connectivity index (χ0n) is 9.85. The second kappa shape index (κ2) is 3.84. The lowest BCUT2D eigenvalue weighted by Gasteiger charge is -2.41. The van der Waals surface area contributed by atoms with Crippen LogP contribution in [0.5, 0.6) is 0 Å². The fourth-order valence-electron chi connectivity index (χ4n) is 2.39. The Morgan fingerprint density at radius 1 is 1.53 bits per heavy atom. The van der Waals surface area contributed by atoms with E-state index in [0.717, 1.165) is 25.7 Å². The molecule has 1 heterocycles. The highest BCUT2D eigenvalue weighted by molar-refractivity contribution is 5.37. The van der Waals surface area contributed by atoms with E-state index in [9.17, 15) is 4.79 Å². The standard InChI is InChI=1S/C12H18N4O/c13-8-12(4-1-5-12)15-10-11(17)16(7-6-14-10)9-2-3-9/h6-7,9H,1-5,8,13H2,(H,14,15). The van der Waals surface area contributed by atoms with E-state index < -0.39 is 0 Å². The van der Waals surface area contributed by atoms with Gasteiger partial charge in [0.2, 0.25) is 0 Å². The molecule has 2 fully saturated rings. The van der Waals surface area contributed by atoms with Gasteiger partial charge in [0, 0.05) is 25.0 Å². The van der Waals surface area contributed by atoms with Crippen molar-refractivity contribution in [3.05, 3.63) is 22.7 Å². The quantitative estimate of drug-likeness (QED) is 0.811. The fourth-order valence-corrected chi connectivity index (χ4v) is 2.39. The Kier molecular flexibility index (Phi) is 2.43. The van der Waals surface area contributed by atoms with E-state index in [1.54, 1.807) is 17.0 Å². The number of anilines is 1. The Hall–Kier alpha value is -1.36. The molecular formula is C12H18N4O. The number of rotatable bonds is 4. The van der Waals surface area contributed by atoms with Gasteiger partial charge in [0.25, 0.3) is 5.56 Å². The monoisotopic (exact) mass is 234 g/mol. The third kappa shape index (κ3) is 1.84. The van der Waals surface area contributed by atoms with Crippen LogP contribution in [0.3, 0.4) is 0 Å².